The summed E-state index contributed by atoms with van der Waals surface area (Å²) in [6.45, 7) is 6.52. The Balaban J connectivity index is 3.28. The first kappa shape index (κ1) is 23.5. The van der Waals surface area contributed by atoms with Crippen LogP contribution < -0.4 is 0 Å². The van der Waals surface area contributed by atoms with E-state index in [9.17, 15) is 4.79 Å². The quantitative estimate of drug-likeness (QED) is 0.190. The Kier molecular flexibility index (Phi) is 18.4. The molecule has 0 rings (SSSR count). The predicted octanol–water partition coefficient (Wildman–Crippen LogP) is 7.59. The molecule has 1 atom stereocenters. The van der Waals surface area contributed by atoms with Gasteiger partial charge in [-0.1, -0.05) is 97.3 Å². The van der Waals surface area contributed by atoms with Gasteiger partial charge in [0, 0.05) is 6.42 Å². The summed E-state index contributed by atoms with van der Waals surface area (Å²) in [5, 5.41) is 0. The van der Waals surface area contributed by atoms with E-state index in [4.69, 9.17) is 4.74 Å². The van der Waals surface area contributed by atoms with Crippen LogP contribution in [0.2, 0.25) is 0 Å². The van der Waals surface area contributed by atoms with Crippen LogP contribution in [0.5, 0.6) is 0 Å². The highest BCUT2D eigenvalue weighted by Gasteiger charge is 2.08. The molecule has 0 amide bonds. The van der Waals surface area contributed by atoms with E-state index in [0.29, 0.717) is 6.42 Å². The van der Waals surface area contributed by atoms with Crippen LogP contribution >= 0.6 is 0 Å². The molecule has 0 aromatic heterocycles. The second kappa shape index (κ2) is 18.8. The molecule has 2 nitrogen and oxygen atoms in total. The van der Waals surface area contributed by atoms with Gasteiger partial charge in [-0.3, -0.25) is 4.79 Å². The van der Waals surface area contributed by atoms with Crippen molar-refractivity contribution >= 4 is 5.97 Å². The molecule has 0 radical (unpaired) electrons. The number of ether oxygens (including phenoxy) is 1. The molecule has 0 aromatic carbocycles. The molecule has 0 saturated carbocycles. The first-order valence-electron chi connectivity index (χ1n) is 10.9. The van der Waals surface area contributed by atoms with Crippen molar-refractivity contribution in [3.8, 4) is 0 Å². The Morgan fingerprint density at radius 2 is 1.08 bits per heavy atom. The van der Waals surface area contributed by atoms with Gasteiger partial charge in [-0.25, -0.2) is 0 Å². The van der Waals surface area contributed by atoms with E-state index in [2.05, 4.69) is 13.8 Å². The third kappa shape index (κ3) is 17.8. The van der Waals surface area contributed by atoms with Crippen molar-refractivity contribution in [1.82, 2.24) is 0 Å². The van der Waals surface area contributed by atoms with Gasteiger partial charge < -0.3 is 4.74 Å². The fourth-order valence-electron chi connectivity index (χ4n) is 3.13. The maximum Gasteiger partial charge on any atom is 0.306 e. The molecule has 0 bridgehead atoms. The van der Waals surface area contributed by atoms with Gasteiger partial charge in [-0.15, -0.1) is 0 Å². The molecule has 0 heterocycles. The second-order valence-electron chi connectivity index (χ2n) is 7.44. The zero-order valence-corrected chi connectivity index (χ0v) is 16.9. The van der Waals surface area contributed by atoms with Crippen LogP contribution in [-0.2, 0) is 9.53 Å². The zero-order chi connectivity index (χ0) is 17.9. The number of rotatable bonds is 18. The fraction of sp³-hybridized carbons (Fsp3) is 0.955. The van der Waals surface area contributed by atoms with Crippen molar-refractivity contribution in [1.29, 1.82) is 0 Å². The van der Waals surface area contributed by atoms with Gasteiger partial charge >= 0.3 is 5.97 Å². The van der Waals surface area contributed by atoms with Crippen molar-refractivity contribution in [2.45, 2.75) is 136 Å². The zero-order valence-electron chi connectivity index (χ0n) is 16.9. The van der Waals surface area contributed by atoms with Crippen molar-refractivity contribution in [2.75, 3.05) is 0 Å². The molecule has 0 saturated heterocycles. The molecule has 0 aliphatic heterocycles. The normalized spacial score (nSPS) is 12.3. The lowest BCUT2D eigenvalue weighted by Gasteiger charge is -2.13. The average molecular weight is 341 g/mol. The molecule has 0 aliphatic rings. The minimum Gasteiger partial charge on any atom is -0.463 e. The number of carbonyl (C=O) groups is 1. The predicted molar refractivity (Wildman–Crippen MR) is 105 cm³/mol. The Hall–Kier alpha value is -0.530. The van der Waals surface area contributed by atoms with E-state index in [-0.39, 0.29) is 12.1 Å². The molecule has 0 aromatic rings. The van der Waals surface area contributed by atoms with Crippen LogP contribution in [-0.4, -0.2) is 12.1 Å². The van der Waals surface area contributed by atoms with Crippen LogP contribution in [0.1, 0.15) is 130 Å². The number of esters is 1. The maximum atomic E-state index is 11.8. The molecule has 2 heteroatoms. The SMILES string of the molecule is CCCCCCCCCCCCCC(=O)OC(C)CCCCCC. The summed E-state index contributed by atoms with van der Waals surface area (Å²) in [5.74, 6) is 0.00826. The third-order valence-electron chi connectivity index (χ3n) is 4.78. The lowest BCUT2D eigenvalue weighted by Crippen LogP contribution is -2.14. The van der Waals surface area contributed by atoms with Crippen LogP contribution in [0.25, 0.3) is 0 Å². The van der Waals surface area contributed by atoms with Crippen molar-refractivity contribution in [2.24, 2.45) is 0 Å². The highest BCUT2D eigenvalue weighted by molar-refractivity contribution is 5.69. The molecule has 0 spiro atoms. The van der Waals surface area contributed by atoms with Crippen LogP contribution in [0.15, 0.2) is 0 Å². The van der Waals surface area contributed by atoms with Gasteiger partial charge in [0.15, 0.2) is 0 Å². The smallest absolute Gasteiger partial charge is 0.306 e. The molecule has 1 unspecified atom stereocenters. The summed E-state index contributed by atoms with van der Waals surface area (Å²) >= 11 is 0. The maximum absolute atomic E-state index is 11.8. The summed E-state index contributed by atoms with van der Waals surface area (Å²) < 4.78 is 5.48. The van der Waals surface area contributed by atoms with Gasteiger partial charge in [0.05, 0.1) is 6.10 Å². The number of hydrogen-bond acceptors (Lipinski definition) is 2. The second-order valence-corrected chi connectivity index (χ2v) is 7.44. The van der Waals surface area contributed by atoms with Crippen LogP contribution in [0.4, 0.5) is 0 Å². The highest BCUT2D eigenvalue weighted by Crippen LogP contribution is 2.13. The monoisotopic (exact) mass is 340 g/mol. The highest BCUT2D eigenvalue weighted by atomic mass is 16.5. The minimum atomic E-state index is 0.00826. The van der Waals surface area contributed by atoms with Gasteiger partial charge in [0.2, 0.25) is 0 Å². The van der Waals surface area contributed by atoms with Gasteiger partial charge in [-0.05, 0) is 26.2 Å². The van der Waals surface area contributed by atoms with Crippen LogP contribution in [0, 0.1) is 0 Å². The Labute approximate surface area is 152 Å². The summed E-state index contributed by atoms with van der Waals surface area (Å²) in [6, 6.07) is 0. The van der Waals surface area contributed by atoms with E-state index in [1.54, 1.807) is 0 Å². The molecular formula is C22H44O2. The van der Waals surface area contributed by atoms with E-state index < -0.39 is 0 Å². The molecule has 0 N–H and O–H groups in total. The summed E-state index contributed by atoms with van der Waals surface area (Å²) in [5.41, 5.74) is 0. The van der Waals surface area contributed by atoms with Gasteiger partial charge in [-0.2, -0.15) is 0 Å². The summed E-state index contributed by atoms with van der Waals surface area (Å²) in [4.78, 5) is 11.8. The van der Waals surface area contributed by atoms with Crippen molar-refractivity contribution < 1.29 is 9.53 Å². The average Bonchev–Trinajstić information content (AvgIpc) is 2.56. The minimum absolute atomic E-state index is 0.00826. The third-order valence-corrected chi connectivity index (χ3v) is 4.78. The van der Waals surface area contributed by atoms with E-state index in [1.165, 1.54) is 89.9 Å². The molecule has 144 valence electrons. The Bertz CT molecular complexity index is 263. The summed E-state index contributed by atoms with van der Waals surface area (Å²) in [6.07, 6.45) is 21.2. The van der Waals surface area contributed by atoms with E-state index in [1.807, 2.05) is 6.92 Å². The first-order valence-corrected chi connectivity index (χ1v) is 10.9. The lowest BCUT2D eigenvalue weighted by molar-refractivity contribution is -0.148. The van der Waals surface area contributed by atoms with E-state index >= 15 is 0 Å². The Morgan fingerprint density at radius 1 is 0.667 bits per heavy atom. The van der Waals surface area contributed by atoms with Crippen LogP contribution in [0.3, 0.4) is 0 Å². The van der Waals surface area contributed by atoms with Crippen molar-refractivity contribution in [3.63, 3.8) is 0 Å². The number of hydrogen-bond donors (Lipinski definition) is 0. The molecule has 24 heavy (non-hydrogen) atoms. The van der Waals surface area contributed by atoms with Crippen molar-refractivity contribution in [3.05, 3.63) is 0 Å². The Morgan fingerprint density at radius 3 is 1.58 bits per heavy atom. The lowest BCUT2D eigenvalue weighted by atomic mass is 10.1. The summed E-state index contributed by atoms with van der Waals surface area (Å²) in [7, 11) is 0. The standard InChI is InChI=1S/C22H44O2/c1-4-6-8-10-11-12-13-14-15-16-18-20-22(23)24-21(3)19-17-9-7-5-2/h21H,4-20H2,1-3H3. The van der Waals surface area contributed by atoms with E-state index in [0.717, 1.165) is 12.8 Å². The topological polar surface area (TPSA) is 26.3 Å². The molecular weight excluding hydrogens is 296 g/mol. The van der Waals surface area contributed by atoms with Gasteiger partial charge in [0.1, 0.15) is 0 Å². The first-order chi connectivity index (χ1) is 11.7. The molecule has 0 fully saturated rings. The number of unbranched alkanes of at least 4 members (excludes halogenated alkanes) is 13. The van der Waals surface area contributed by atoms with Gasteiger partial charge in [0.25, 0.3) is 0 Å². The largest absolute Gasteiger partial charge is 0.463 e. The molecule has 0 aliphatic carbocycles. The fourth-order valence-corrected chi connectivity index (χ4v) is 3.13. The number of carbonyl (C=O) groups excluding carboxylic acids is 1.